The lowest BCUT2D eigenvalue weighted by Gasteiger charge is -2.30. The molecular formula is C18H21NO2S. The van der Waals surface area contributed by atoms with Crippen LogP contribution >= 0.6 is 11.8 Å². The first-order valence-corrected chi connectivity index (χ1v) is 8.30. The van der Waals surface area contributed by atoms with E-state index in [1.54, 1.807) is 11.8 Å². The Morgan fingerprint density at radius 3 is 2.32 bits per heavy atom. The minimum absolute atomic E-state index is 0.498. The van der Waals surface area contributed by atoms with Gasteiger partial charge in [-0.3, -0.25) is 0 Å². The van der Waals surface area contributed by atoms with Gasteiger partial charge in [0.25, 0.3) is 0 Å². The number of para-hydroxylation sites is 1. The van der Waals surface area contributed by atoms with Crippen LogP contribution in [0.5, 0.6) is 0 Å². The van der Waals surface area contributed by atoms with Gasteiger partial charge < -0.3 is 10.0 Å². The third-order valence-corrected chi connectivity index (χ3v) is 4.61. The second-order valence-electron chi connectivity index (χ2n) is 4.93. The summed E-state index contributed by atoms with van der Waals surface area (Å²) in [5.41, 5.74) is 0.980. The highest BCUT2D eigenvalue weighted by Crippen LogP contribution is 2.36. The van der Waals surface area contributed by atoms with E-state index in [-0.39, 0.29) is 0 Å². The minimum atomic E-state index is -0.774. The van der Waals surface area contributed by atoms with Crippen molar-refractivity contribution >= 4 is 23.4 Å². The van der Waals surface area contributed by atoms with Crippen molar-refractivity contribution in [2.24, 2.45) is 0 Å². The van der Waals surface area contributed by atoms with Crippen molar-refractivity contribution in [1.82, 2.24) is 0 Å². The molecule has 0 bridgehead atoms. The van der Waals surface area contributed by atoms with E-state index < -0.39 is 12.0 Å². The molecule has 0 aliphatic heterocycles. The van der Waals surface area contributed by atoms with Gasteiger partial charge in [0, 0.05) is 16.3 Å². The summed E-state index contributed by atoms with van der Waals surface area (Å²) < 4.78 is 0. The highest BCUT2D eigenvalue weighted by molar-refractivity contribution is 7.99. The molecule has 0 radical (unpaired) electrons. The summed E-state index contributed by atoms with van der Waals surface area (Å²) in [6.07, 6.45) is 0.577. The van der Waals surface area contributed by atoms with Gasteiger partial charge in [0.05, 0.1) is 5.69 Å². The summed E-state index contributed by atoms with van der Waals surface area (Å²) in [6.45, 7) is 4.57. The van der Waals surface area contributed by atoms with Crippen LogP contribution in [0, 0.1) is 0 Å². The average Bonchev–Trinajstić information content (AvgIpc) is 2.54. The molecule has 0 saturated heterocycles. The van der Waals surface area contributed by atoms with Gasteiger partial charge in [0.15, 0.2) is 0 Å². The molecule has 0 spiro atoms. The number of carboxylic acids is 1. The van der Waals surface area contributed by atoms with Crippen LogP contribution in [0.25, 0.3) is 0 Å². The predicted octanol–water partition coefficient (Wildman–Crippen LogP) is 4.53. The molecular weight excluding hydrogens is 294 g/mol. The van der Waals surface area contributed by atoms with Crippen LogP contribution in [-0.4, -0.2) is 23.7 Å². The number of hydrogen-bond acceptors (Lipinski definition) is 3. The largest absolute Gasteiger partial charge is 0.480 e. The van der Waals surface area contributed by atoms with E-state index >= 15 is 0 Å². The Hall–Kier alpha value is -1.94. The third kappa shape index (κ3) is 3.83. The number of anilines is 1. The standard InChI is InChI=1S/C18H21NO2S/c1-3-15(18(20)21)19(4-2)16-12-8-9-13-17(16)22-14-10-6-5-7-11-14/h5-13,15H,3-4H2,1-2H3,(H,20,21). The van der Waals surface area contributed by atoms with Crippen LogP contribution in [0.2, 0.25) is 0 Å². The lowest BCUT2D eigenvalue weighted by atomic mass is 10.1. The Labute approximate surface area is 136 Å². The van der Waals surface area contributed by atoms with Gasteiger partial charge in [-0.25, -0.2) is 4.79 Å². The van der Waals surface area contributed by atoms with Crippen LogP contribution in [0.1, 0.15) is 20.3 Å². The first-order valence-electron chi connectivity index (χ1n) is 7.48. The molecule has 1 atom stereocenters. The molecule has 1 unspecified atom stereocenters. The van der Waals surface area contributed by atoms with Crippen molar-refractivity contribution in [3.63, 3.8) is 0 Å². The lowest BCUT2D eigenvalue weighted by Crippen LogP contribution is -2.41. The second kappa shape index (κ2) is 7.90. The highest BCUT2D eigenvalue weighted by atomic mass is 32.2. The van der Waals surface area contributed by atoms with Crippen molar-refractivity contribution in [2.45, 2.75) is 36.1 Å². The molecule has 0 aliphatic carbocycles. The number of nitrogens with zero attached hydrogens (tertiary/aromatic N) is 1. The van der Waals surface area contributed by atoms with Crippen LogP contribution in [-0.2, 0) is 4.79 Å². The van der Waals surface area contributed by atoms with Crippen LogP contribution < -0.4 is 4.90 Å². The van der Waals surface area contributed by atoms with Gasteiger partial charge >= 0.3 is 5.97 Å². The fraction of sp³-hybridized carbons (Fsp3) is 0.278. The zero-order chi connectivity index (χ0) is 15.9. The van der Waals surface area contributed by atoms with E-state index in [1.165, 1.54) is 0 Å². The molecule has 4 heteroatoms. The quantitative estimate of drug-likeness (QED) is 0.815. The first kappa shape index (κ1) is 16.4. The Morgan fingerprint density at radius 1 is 1.09 bits per heavy atom. The maximum atomic E-state index is 11.5. The zero-order valence-electron chi connectivity index (χ0n) is 12.9. The maximum Gasteiger partial charge on any atom is 0.326 e. The fourth-order valence-corrected chi connectivity index (χ4v) is 3.47. The van der Waals surface area contributed by atoms with Crippen molar-refractivity contribution in [1.29, 1.82) is 0 Å². The van der Waals surface area contributed by atoms with Gasteiger partial charge in [-0.05, 0) is 37.6 Å². The minimum Gasteiger partial charge on any atom is -0.480 e. The number of hydrogen-bond donors (Lipinski definition) is 1. The molecule has 0 amide bonds. The monoisotopic (exact) mass is 315 g/mol. The van der Waals surface area contributed by atoms with Crippen molar-refractivity contribution in [3.05, 3.63) is 54.6 Å². The molecule has 0 heterocycles. The summed E-state index contributed by atoms with van der Waals surface area (Å²) in [4.78, 5) is 15.7. The fourth-order valence-electron chi connectivity index (χ4n) is 2.48. The summed E-state index contributed by atoms with van der Waals surface area (Å²) in [5.74, 6) is -0.774. The Bertz CT molecular complexity index is 615. The predicted molar refractivity (Wildman–Crippen MR) is 91.7 cm³/mol. The molecule has 0 saturated carbocycles. The van der Waals surface area contributed by atoms with Gasteiger partial charge in [-0.1, -0.05) is 49.0 Å². The van der Waals surface area contributed by atoms with E-state index in [2.05, 4.69) is 12.1 Å². The maximum absolute atomic E-state index is 11.5. The summed E-state index contributed by atoms with van der Waals surface area (Å²) in [6, 6.07) is 17.6. The molecule has 2 aromatic carbocycles. The van der Waals surface area contributed by atoms with Crippen LogP contribution in [0.15, 0.2) is 64.4 Å². The molecule has 2 rings (SSSR count). The summed E-state index contributed by atoms with van der Waals surface area (Å²) in [5, 5.41) is 9.47. The SMILES string of the molecule is CCC(C(=O)O)N(CC)c1ccccc1Sc1ccccc1. The zero-order valence-corrected chi connectivity index (χ0v) is 13.7. The number of rotatable bonds is 7. The molecule has 2 aromatic rings. The van der Waals surface area contributed by atoms with E-state index in [9.17, 15) is 9.90 Å². The van der Waals surface area contributed by atoms with Gasteiger partial charge in [-0.2, -0.15) is 0 Å². The molecule has 3 nitrogen and oxygen atoms in total. The molecule has 1 N–H and O–H groups in total. The molecule has 0 aromatic heterocycles. The Balaban J connectivity index is 2.35. The van der Waals surface area contributed by atoms with Gasteiger partial charge in [-0.15, -0.1) is 0 Å². The number of benzene rings is 2. The van der Waals surface area contributed by atoms with Gasteiger partial charge in [0.1, 0.15) is 6.04 Å². The molecule has 0 fully saturated rings. The first-order chi connectivity index (χ1) is 10.7. The Morgan fingerprint density at radius 2 is 1.73 bits per heavy atom. The van der Waals surface area contributed by atoms with E-state index in [0.29, 0.717) is 13.0 Å². The average molecular weight is 315 g/mol. The summed E-state index contributed by atoms with van der Waals surface area (Å²) >= 11 is 1.66. The second-order valence-corrected chi connectivity index (χ2v) is 6.05. The van der Waals surface area contributed by atoms with Gasteiger partial charge in [0.2, 0.25) is 0 Å². The van der Waals surface area contributed by atoms with E-state index in [4.69, 9.17) is 0 Å². The summed E-state index contributed by atoms with van der Waals surface area (Å²) in [7, 11) is 0. The van der Waals surface area contributed by atoms with Crippen molar-refractivity contribution in [3.8, 4) is 0 Å². The topological polar surface area (TPSA) is 40.5 Å². The molecule has 22 heavy (non-hydrogen) atoms. The Kier molecular flexibility index (Phi) is 5.90. The molecule has 0 aliphatic rings. The smallest absolute Gasteiger partial charge is 0.326 e. The van der Waals surface area contributed by atoms with Crippen molar-refractivity contribution < 1.29 is 9.90 Å². The number of aliphatic carboxylic acids is 1. The number of carboxylic acid groups (broad SMARTS) is 1. The molecule has 116 valence electrons. The van der Waals surface area contributed by atoms with Crippen molar-refractivity contribution in [2.75, 3.05) is 11.4 Å². The normalized spacial score (nSPS) is 11.9. The van der Waals surface area contributed by atoms with Crippen LogP contribution in [0.4, 0.5) is 5.69 Å². The highest BCUT2D eigenvalue weighted by Gasteiger charge is 2.24. The van der Waals surface area contributed by atoms with E-state index in [1.807, 2.05) is 61.2 Å². The lowest BCUT2D eigenvalue weighted by molar-refractivity contribution is -0.138. The third-order valence-electron chi connectivity index (χ3n) is 3.53. The van der Waals surface area contributed by atoms with Crippen LogP contribution in [0.3, 0.4) is 0 Å². The van der Waals surface area contributed by atoms with E-state index in [0.717, 1.165) is 15.5 Å². The number of carbonyl (C=O) groups is 1. The number of likely N-dealkylation sites (N-methyl/N-ethyl adjacent to an activating group) is 1.